The van der Waals surface area contributed by atoms with E-state index in [0.717, 1.165) is 16.8 Å². The Morgan fingerprint density at radius 3 is 3.00 bits per heavy atom. The number of fused-ring (bicyclic) bond motifs is 1. The average Bonchev–Trinajstić information content (AvgIpc) is 2.47. The summed E-state index contributed by atoms with van der Waals surface area (Å²) in [5.74, 6) is 2.65. The van der Waals surface area contributed by atoms with Crippen LogP contribution < -0.4 is 10.1 Å². The van der Waals surface area contributed by atoms with Gasteiger partial charge in [0.2, 0.25) is 0 Å². The lowest BCUT2D eigenvalue weighted by Gasteiger charge is -2.32. The smallest absolute Gasteiger partial charge is 0.161 e. The number of benzene rings is 1. The topological polar surface area (TPSA) is 33.6 Å². The third-order valence-corrected chi connectivity index (χ3v) is 5.36. The SMILES string of the molecule is COc1ccc(NC2=NC3CCCCC3CS2)cc1Cl. The number of nitrogens with one attached hydrogen (secondary N) is 1. The minimum Gasteiger partial charge on any atom is -0.495 e. The lowest BCUT2D eigenvalue weighted by atomic mass is 9.86. The molecule has 1 aliphatic carbocycles. The molecule has 3 nitrogen and oxygen atoms in total. The molecule has 5 heteroatoms. The maximum atomic E-state index is 6.15. The van der Waals surface area contributed by atoms with Crippen LogP contribution in [-0.2, 0) is 0 Å². The Balaban J connectivity index is 1.71. The van der Waals surface area contributed by atoms with E-state index in [2.05, 4.69) is 5.32 Å². The summed E-state index contributed by atoms with van der Waals surface area (Å²) >= 11 is 7.97. The number of rotatable bonds is 2. The van der Waals surface area contributed by atoms with E-state index in [9.17, 15) is 0 Å². The monoisotopic (exact) mass is 310 g/mol. The summed E-state index contributed by atoms with van der Waals surface area (Å²) in [5, 5.41) is 5.02. The molecule has 20 heavy (non-hydrogen) atoms. The molecule has 2 atom stereocenters. The Kier molecular flexibility index (Phi) is 4.41. The summed E-state index contributed by atoms with van der Waals surface area (Å²) in [5.41, 5.74) is 0.969. The highest BCUT2D eigenvalue weighted by molar-refractivity contribution is 8.14. The van der Waals surface area contributed by atoms with Gasteiger partial charge in [-0.1, -0.05) is 36.2 Å². The number of amidine groups is 1. The second-order valence-corrected chi connectivity index (χ2v) is 6.75. The molecule has 0 spiro atoms. The summed E-state index contributed by atoms with van der Waals surface area (Å²) in [7, 11) is 1.62. The molecular formula is C15H19ClN2OS. The van der Waals surface area contributed by atoms with Crippen LogP contribution in [0.15, 0.2) is 23.2 Å². The molecule has 0 aromatic heterocycles. The van der Waals surface area contributed by atoms with Gasteiger partial charge in [0.25, 0.3) is 0 Å². The van der Waals surface area contributed by atoms with Crippen LogP contribution in [0.2, 0.25) is 5.02 Å². The second-order valence-electron chi connectivity index (χ2n) is 5.33. The van der Waals surface area contributed by atoms with Crippen LogP contribution in [0, 0.1) is 5.92 Å². The van der Waals surface area contributed by atoms with Gasteiger partial charge in [0.05, 0.1) is 18.2 Å². The lowest BCUT2D eigenvalue weighted by molar-refractivity contribution is 0.336. The molecule has 1 fully saturated rings. The maximum Gasteiger partial charge on any atom is 0.161 e. The number of nitrogens with zero attached hydrogens (tertiary/aromatic N) is 1. The van der Waals surface area contributed by atoms with E-state index in [1.165, 1.54) is 31.4 Å². The Bertz CT molecular complexity index is 521. The predicted octanol–water partition coefficient (Wildman–Crippen LogP) is 4.42. The van der Waals surface area contributed by atoms with E-state index in [1.807, 2.05) is 30.0 Å². The standard InChI is InChI=1S/C15H19ClN2OS/c1-19-14-7-6-11(8-12(14)16)17-15-18-13-5-3-2-4-10(13)9-20-15/h6-8,10,13H,2-5,9H2,1H3,(H,17,18). The van der Waals surface area contributed by atoms with E-state index < -0.39 is 0 Å². The molecule has 0 radical (unpaired) electrons. The molecule has 1 aromatic carbocycles. The van der Waals surface area contributed by atoms with Gasteiger partial charge in [-0.15, -0.1) is 0 Å². The first-order chi connectivity index (χ1) is 9.76. The molecule has 1 saturated carbocycles. The van der Waals surface area contributed by atoms with E-state index in [-0.39, 0.29) is 0 Å². The molecule has 1 aliphatic heterocycles. The molecule has 0 saturated heterocycles. The maximum absolute atomic E-state index is 6.15. The van der Waals surface area contributed by atoms with Crippen molar-refractivity contribution in [3.05, 3.63) is 23.2 Å². The van der Waals surface area contributed by atoms with Gasteiger partial charge in [-0.05, 0) is 37.0 Å². The molecule has 1 N–H and O–H groups in total. The summed E-state index contributed by atoms with van der Waals surface area (Å²) < 4.78 is 5.17. The van der Waals surface area contributed by atoms with Crippen LogP contribution in [-0.4, -0.2) is 24.1 Å². The first-order valence-corrected chi connectivity index (χ1v) is 8.44. The molecule has 0 amide bonds. The minimum atomic E-state index is 0.515. The zero-order valence-corrected chi connectivity index (χ0v) is 13.1. The van der Waals surface area contributed by atoms with Crippen molar-refractivity contribution in [2.75, 3.05) is 18.2 Å². The van der Waals surface area contributed by atoms with E-state index in [1.54, 1.807) is 7.11 Å². The number of thioether (sulfide) groups is 1. The third-order valence-electron chi connectivity index (χ3n) is 3.99. The number of halogens is 1. The predicted molar refractivity (Wildman–Crippen MR) is 87.3 cm³/mol. The number of hydrogen-bond acceptors (Lipinski definition) is 4. The van der Waals surface area contributed by atoms with Gasteiger partial charge < -0.3 is 10.1 Å². The fraction of sp³-hybridized carbons (Fsp3) is 0.533. The summed E-state index contributed by atoms with van der Waals surface area (Å²) in [6.07, 6.45) is 5.26. The van der Waals surface area contributed by atoms with Crippen LogP contribution >= 0.6 is 23.4 Å². The number of anilines is 1. The van der Waals surface area contributed by atoms with Crippen molar-refractivity contribution < 1.29 is 4.74 Å². The zero-order valence-electron chi connectivity index (χ0n) is 11.6. The highest BCUT2D eigenvalue weighted by Crippen LogP contribution is 2.35. The van der Waals surface area contributed by atoms with Crippen molar-refractivity contribution in [3.8, 4) is 5.75 Å². The molecule has 0 bridgehead atoms. The molecule has 108 valence electrons. The van der Waals surface area contributed by atoms with Gasteiger partial charge >= 0.3 is 0 Å². The largest absolute Gasteiger partial charge is 0.495 e. The van der Waals surface area contributed by atoms with E-state index in [4.69, 9.17) is 21.3 Å². The molecule has 2 unspecified atom stereocenters. The Hall–Kier alpha value is -0.870. The summed E-state index contributed by atoms with van der Waals surface area (Å²) in [4.78, 5) is 4.87. The Morgan fingerprint density at radius 1 is 1.35 bits per heavy atom. The molecular weight excluding hydrogens is 292 g/mol. The fourth-order valence-electron chi connectivity index (χ4n) is 2.86. The Morgan fingerprint density at radius 2 is 2.20 bits per heavy atom. The number of methoxy groups -OCH3 is 1. The molecule has 1 heterocycles. The van der Waals surface area contributed by atoms with Crippen molar-refractivity contribution in [1.82, 2.24) is 0 Å². The van der Waals surface area contributed by atoms with Crippen LogP contribution in [0.25, 0.3) is 0 Å². The molecule has 2 aliphatic rings. The number of hydrogen-bond donors (Lipinski definition) is 1. The van der Waals surface area contributed by atoms with Crippen LogP contribution in [0.3, 0.4) is 0 Å². The van der Waals surface area contributed by atoms with Gasteiger partial charge in [-0.3, -0.25) is 4.99 Å². The third kappa shape index (κ3) is 3.07. The van der Waals surface area contributed by atoms with Crippen LogP contribution in [0.4, 0.5) is 5.69 Å². The van der Waals surface area contributed by atoms with Crippen molar-refractivity contribution in [1.29, 1.82) is 0 Å². The summed E-state index contributed by atoms with van der Waals surface area (Å²) in [6.45, 7) is 0. The van der Waals surface area contributed by atoms with Crippen molar-refractivity contribution in [2.24, 2.45) is 10.9 Å². The lowest BCUT2D eigenvalue weighted by Crippen LogP contribution is -2.31. The van der Waals surface area contributed by atoms with Gasteiger partial charge in [0.1, 0.15) is 5.75 Å². The van der Waals surface area contributed by atoms with Crippen molar-refractivity contribution in [3.63, 3.8) is 0 Å². The first kappa shape index (κ1) is 14.1. The minimum absolute atomic E-state index is 0.515. The van der Waals surface area contributed by atoms with Crippen molar-refractivity contribution in [2.45, 2.75) is 31.7 Å². The highest BCUT2D eigenvalue weighted by atomic mass is 35.5. The summed E-state index contributed by atoms with van der Waals surface area (Å²) in [6, 6.07) is 6.25. The van der Waals surface area contributed by atoms with Gasteiger partial charge in [0, 0.05) is 11.4 Å². The zero-order chi connectivity index (χ0) is 13.9. The van der Waals surface area contributed by atoms with Crippen molar-refractivity contribution >= 4 is 34.2 Å². The van der Waals surface area contributed by atoms with Gasteiger partial charge in [-0.2, -0.15) is 0 Å². The second kappa shape index (κ2) is 6.27. The normalized spacial score (nSPS) is 25.6. The van der Waals surface area contributed by atoms with Crippen LogP contribution in [0.5, 0.6) is 5.75 Å². The van der Waals surface area contributed by atoms with Gasteiger partial charge in [0.15, 0.2) is 5.17 Å². The number of aliphatic imine (C=N–C) groups is 1. The average molecular weight is 311 g/mol. The quantitative estimate of drug-likeness (QED) is 0.877. The van der Waals surface area contributed by atoms with Crippen LogP contribution in [0.1, 0.15) is 25.7 Å². The Labute approximate surface area is 129 Å². The highest BCUT2D eigenvalue weighted by Gasteiger charge is 2.29. The van der Waals surface area contributed by atoms with E-state index in [0.29, 0.717) is 16.8 Å². The molecule has 1 aromatic rings. The fourth-order valence-corrected chi connectivity index (χ4v) is 4.28. The first-order valence-electron chi connectivity index (χ1n) is 7.07. The van der Waals surface area contributed by atoms with E-state index >= 15 is 0 Å². The molecule has 3 rings (SSSR count). The number of ether oxygens (including phenoxy) is 1. The van der Waals surface area contributed by atoms with Gasteiger partial charge in [-0.25, -0.2) is 0 Å².